The zero-order chi connectivity index (χ0) is 33.7. The molecular weight excluding hydrogens is 584 g/mol. The predicted octanol–water partition coefficient (Wildman–Crippen LogP) is 7.58. The first kappa shape index (κ1) is 33.5. The molecule has 256 valence electrons. The van der Waals surface area contributed by atoms with Crippen molar-refractivity contribution in [3.8, 4) is 12.3 Å². The molecule has 0 amide bonds. The molecule has 0 spiro atoms. The van der Waals surface area contributed by atoms with E-state index in [1.165, 1.54) is 17.6 Å². The van der Waals surface area contributed by atoms with E-state index in [1.807, 2.05) is 12.2 Å². The third-order valence-corrected chi connectivity index (χ3v) is 16.7. The van der Waals surface area contributed by atoms with Crippen molar-refractivity contribution < 1.29 is 24.6 Å². The number of hydrogen-bond donors (Lipinski definition) is 2. The van der Waals surface area contributed by atoms with E-state index in [9.17, 15) is 24.6 Å². The molecule has 47 heavy (non-hydrogen) atoms. The smallest absolute Gasteiger partial charge is 0.161 e. The van der Waals surface area contributed by atoms with Crippen LogP contribution in [-0.2, 0) is 14.4 Å². The van der Waals surface area contributed by atoms with E-state index < -0.39 is 11.2 Å². The van der Waals surface area contributed by atoms with Gasteiger partial charge in [0.1, 0.15) is 11.2 Å². The summed E-state index contributed by atoms with van der Waals surface area (Å²) >= 11 is 0. The lowest BCUT2D eigenvalue weighted by molar-refractivity contribution is -0.161. The van der Waals surface area contributed by atoms with Gasteiger partial charge in [-0.15, -0.1) is 6.42 Å². The summed E-state index contributed by atoms with van der Waals surface area (Å²) < 4.78 is 0. The number of Topliss-reactive ketones (excluding diaryl/α,β-unsaturated/α-hetero) is 1. The van der Waals surface area contributed by atoms with Crippen molar-refractivity contribution >= 4 is 17.3 Å². The summed E-state index contributed by atoms with van der Waals surface area (Å²) in [5.74, 6) is 7.93. The molecule has 0 unspecified atom stereocenters. The summed E-state index contributed by atoms with van der Waals surface area (Å²) in [6.45, 7) is 10.6. The van der Waals surface area contributed by atoms with E-state index in [0.717, 1.165) is 77.0 Å². The van der Waals surface area contributed by atoms with E-state index in [4.69, 9.17) is 6.42 Å². The lowest BCUT2D eigenvalue weighted by Gasteiger charge is -2.60. The monoisotopic (exact) mass is 642 g/mol. The van der Waals surface area contributed by atoms with Crippen LogP contribution in [0, 0.1) is 75.9 Å². The SMILES string of the molecule is C#C[C@]1(O)CC[C@H]2[C@@H]3CCC4=CC(=O)CC[C@@H]4[C@H]3CC[C@@]21C.CC(=O)[C@@]1(O)CC[C@H]2[C@@H]3C[C@H](C)C4=CC(=O)CC[C@]4(C)[C@H]3CC[C@@]21C. The highest BCUT2D eigenvalue weighted by molar-refractivity contribution is 5.92. The maximum absolute atomic E-state index is 12.3. The van der Waals surface area contributed by atoms with Crippen LogP contribution in [0.1, 0.15) is 131 Å². The summed E-state index contributed by atoms with van der Waals surface area (Å²) in [6, 6.07) is 0. The fraction of sp³-hybridized carbons (Fsp3) is 0.786. The zero-order valence-corrected chi connectivity index (χ0v) is 29.6. The number of rotatable bonds is 1. The molecule has 6 saturated carbocycles. The van der Waals surface area contributed by atoms with Gasteiger partial charge in [-0.2, -0.15) is 0 Å². The summed E-state index contributed by atoms with van der Waals surface area (Å²) in [7, 11) is 0. The van der Waals surface area contributed by atoms with Crippen molar-refractivity contribution in [1.82, 2.24) is 0 Å². The Bertz CT molecular complexity index is 1460. The van der Waals surface area contributed by atoms with Gasteiger partial charge in [0.05, 0.1) is 0 Å². The van der Waals surface area contributed by atoms with E-state index in [1.54, 1.807) is 6.92 Å². The lowest BCUT2D eigenvalue weighted by Crippen LogP contribution is -2.57. The van der Waals surface area contributed by atoms with Crippen molar-refractivity contribution in [3.63, 3.8) is 0 Å². The minimum atomic E-state index is -1.13. The third kappa shape index (κ3) is 4.66. The Morgan fingerprint density at radius 3 is 2.15 bits per heavy atom. The standard InChI is InChI=1S/C22H32O3.C20H26O2/c1-13-11-16-17(20(3)8-5-15(24)12-19(13)20)6-9-21(4)18(16)7-10-22(21,25)14(2)23;1-3-20(22)11-9-18-17-6-4-13-12-14(21)5-7-15(13)16(17)8-10-19(18,20)2/h12-13,16-18,25H,5-11H2,1-4H3;1,12,15-18,22H,4-11H2,2H3/t13-,16+,17-,18-,20+,21-,22-;15-,16+,17+,18-,19-,20-/m00/s1. The number of ketones is 3. The van der Waals surface area contributed by atoms with Crippen molar-refractivity contribution in [2.75, 3.05) is 0 Å². The summed E-state index contributed by atoms with van der Waals surface area (Å²) in [5.41, 5.74) is 0.525. The number of allylic oxidation sites excluding steroid dienone is 2. The number of terminal acetylenes is 1. The van der Waals surface area contributed by atoms with Gasteiger partial charge in [0.2, 0.25) is 0 Å². The topological polar surface area (TPSA) is 91.7 Å². The first-order valence-corrected chi connectivity index (χ1v) is 19.0. The number of carbonyl (C=O) groups excluding carboxylic acids is 3. The molecule has 8 aliphatic rings. The maximum atomic E-state index is 12.3. The van der Waals surface area contributed by atoms with Crippen LogP contribution >= 0.6 is 0 Å². The molecule has 6 fully saturated rings. The summed E-state index contributed by atoms with van der Waals surface area (Å²) in [4.78, 5) is 36.0. The molecule has 0 aromatic rings. The number of fused-ring (bicyclic) bond motifs is 10. The molecule has 0 aromatic carbocycles. The quantitative estimate of drug-likeness (QED) is 0.288. The Hall–Kier alpha value is -2.03. The van der Waals surface area contributed by atoms with E-state index >= 15 is 0 Å². The van der Waals surface area contributed by atoms with Gasteiger partial charge in [-0.25, -0.2) is 0 Å². The van der Waals surface area contributed by atoms with Crippen LogP contribution in [0.2, 0.25) is 0 Å². The van der Waals surface area contributed by atoms with Crippen molar-refractivity contribution in [3.05, 3.63) is 23.3 Å². The van der Waals surface area contributed by atoms with Crippen LogP contribution in [-0.4, -0.2) is 38.8 Å². The van der Waals surface area contributed by atoms with Gasteiger partial charge in [-0.1, -0.05) is 44.8 Å². The second kappa shape index (κ2) is 11.2. The van der Waals surface area contributed by atoms with E-state index in [0.29, 0.717) is 71.8 Å². The normalized spacial score (nSPS) is 51.3. The van der Waals surface area contributed by atoms with Crippen LogP contribution < -0.4 is 0 Å². The Morgan fingerprint density at radius 1 is 0.766 bits per heavy atom. The highest BCUT2D eigenvalue weighted by Gasteiger charge is 2.66. The van der Waals surface area contributed by atoms with Crippen LogP contribution in [0.4, 0.5) is 0 Å². The van der Waals surface area contributed by atoms with Gasteiger partial charge < -0.3 is 10.2 Å². The van der Waals surface area contributed by atoms with Crippen molar-refractivity contribution in [2.24, 2.45) is 63.6 Å². The number of hydrogen-bond acceptors (Lipinski definition) is 5. The first-order chi connectivity index (χ1) is 22.1. The van der Waals surface area contributed by atoms with Crippen LogP contribution in [0.5, 0.6) is 0 Å². The third-order valence-electron chi connectivity index (χ3n) is 16.7. The summed E-state index contributed by atoms with van der Waals surface area (Å²) in [5, 5.41) is 22.1. The average Bonchev–Trinajstić information content (AvgIpc) is 3.48. The van der Waals surface area contributed by atoms with Gasteiger partial charge in [-0.05, 0) is 155 Å². The highest BCUT2D eigenvalue weighted by Crippen LogP contribution is 2.69. The van der Waals surface area contributed by atoms with Crippen LogP contribution in [0.15, 0.2) is 23.3 Å². The predicted molar refractivity (Wildman–Crippen MR) is 183 cm³/mol. The molecule has 5 heteroatoms. The Morgan fingerprint density at radius 2 is 1.43 bits per heavy atom. The molecule has 0 radical (unpaired) electrons. The molecule has 0 aliphatic heterocycles. The van der Waals surface area contributed by atoms with Gasteiger partial charge in [0.15, 0.2) is 17.3 Å². The Labute approximate surface area is 282 Å². The Kier molecular flexibility index (Phi) is 8.01. The average molecular weight is 643 g/mol. The molecule has 8 rings (SSSR count). The summed E-state index contributed by atoms with van der Waals surface area (Å²) in [6.07, 6.45) is 24.0. The molecular formula is C42H58O5. The van der Waals surface area contributed by atoms with Crippen molar-refractivity contribution in [2.45, 2.75) is 142 Å². The fourth-order valence-electron chi connectivity index (χ4n) is 14.0. The molecule has 8 aliphatic carbocycles. The van der Waals surface area contributed by atoms with E-state index in [2.05, 4.69) is 33.6 Å². The minimum absolute atomic E-state index is 0.0464. The van der Waals surface area contributed by atoms with Crippen LogP contribution in [0.25, 0.3) is 0 Å². The second-order valence-electron chi connectivity index (χ2n) is 18.2. The van der Waals surface area contributed by atoms with Crippen molar-refractivity contribution in [1.29, 1.82) is 0 Å². The molecule has 0 saturated heterocycles. The minimum Gasteiger partial charge on any atom is -0.382 e. The first-order valence-electron chi connectivity index (χ1n) is 19.0. The number of carbonyl (C=O) groups is 3. The molecule has 13 atom stereocenters. The zero-order valence-electron chi connectivity index (χ0n) is 29.6. The number of aliphatic hydroxyl groups is 2. The highest BCUT2D eigenvalue weighted by atomic mass is 16.3. The largest absolute Gasteiger partial charge is 0.382 e. The molecule has 2 N–H and O–H groups in total. The molecule has 0 heterocycles. The second-order valence-corrected chi connectivity index (χ2v) is 18.2. The van der Waals surface area contributed by atoms with Gasteiger partial charge >= 0.3 is 0 Å². The van der Waals surface area contributed by atoms with Gasteiger partial charge in [0, 0.05) is 23.7 Å². The maximum Gasteiger partial charge on any atom is 0.161 e. The Balaban J connectivity index is 0.000000151. The fourth-order valence-corrected chi connectivity index (χ4v) is 14.0. The van der Waals surface area contributed by atoms with Gasteiger partial charge in [0.25, 0.3) is 0 Å². The molecule has 0 aromatic heterocycles. The van der Waals surface area contributed by atoms with Gasteiger partial charge in [-0.3, -0.25) is 14.4 Å². The lowest BCUT2D eigenvalue weighted by atomic mass is 9.45. The molecule has 5 nitrogen and oxygen atoms in total. The van der Waals surface area contributed by atoms with Crippen LogP contribution in [0.3, 0.4) is 0 Å². The molecule has 0 bridgehead atoms. The van der Waals surface area contributed by atoms with E-state index in [-0.39, 0.29) is 22.0 Å².